The highest BCUT2D eigenvalue weighted by Crippen LogP contribution is 2.09. The van der Waals surface area contributed by atoms with Crippen LogP contribution in [0.3, 0.4) is 0 Å². The molecule has 0 nitrogen and oxygen atoms in total. The van der Waals surface area contributed by atoms with Crippen molar-refractivity contribution in [3.05, 3.63) is 23.6 Å². The summed E-state index contributed by atoms with van der Waals surface area (Å²) in [6.45, 7) is 16.5. The van der Waals surface area contributed by atoms with E-state index in [0.29, 0.717) is 5.92 Å². The van der Waals surface area contributed by atoms with Gasteiger partial charge in [0.2, 0.25) is 0 Å². The number of allylic oxidation sites excluding steroid dienone is 2. The zero-order valence-electron chi connectivity index (χ0n) is 10.9. The Bertz CT molecular complexity index is 189. The summed E-state index contributed by atoms with van der Waals surface area (Å²) in [6.07, 6.45) is 4.73. The molecule has 82 valence electrons. The Morgan fingerprint density at radius 1 is 0.714 bits per heavy atom. The standard InChI is InChI=1S/C12H26Si2/c1-12(8-10-13(2,3)4)9-11-14(5,6)7/h8-12H,1-7H3/b10-8-,11-9?. The van der Waals surface area contributed by atoms with Crippen LogP contribution in [0, 0.1) is 5.92 Å². The van der Waals surface area contributed by atoms with Gasteiger partial charge in [-0.1, -0.05) is 69.8 Å². The molecule has 14 heavy (non-hydrogen) atoms. The third-order valence-corrected chi connectivity index (χ3v) is 4.18. The van der Waals surface area contributed by atoms with Crippen molar-refractivity contribution in [3.63, 3.8) is 0 Å². The summed E-state index contributed by atoms with van der Waals surface area (Å²) in [6, 6.07) is 0. The van der Waals surface area contributed by atoms with E-state index in [1.54, 1.807) is 0 Å². The average molecular weight is 227 g/mol. The molecule has 0 aromatic carbocycles. The molecule has 0 amide bonds. The summed E-state index contributed by atoms with van der Waals surface area (Å²) in [7, 11) is -2.00. The fraction of sp³-hybridized carbons (Fsp3) is 0.667. The van der Waals surface area contributed by atoms with Crippen molar-refractivity contribution in [1.29, 1.82) is 0 Å². The Balaban J connectivity index is 4.18. The zero-order chi connectivity index (χ0) is 11.4. The molecule has 0 N–H and O–H groups in total. The maximum atomic E-state index is 2.44. The van der Waals surface area contributed by atoms with E-state index in [4.69, 9.17) is 0 Å². The molecular weight excluding hydrogens is 200 g/mol. The van der Waals surface area contributed by atoms with Gasteiger partial charge in [0.1, 0.15) is 0 Å². The van der Waals surface area contributed by atoms with Crippen molar-refractivity contribution in [2.45, 2.75) is 46.2 Å². The molecule has 0 spiro atoms. The van der Waals surface area contributed by atoms with Gasteiger partial charge >= 0.3 is 0 Å². The SMILES string of the molecule is CC(C=C[Si](C)(C)C)/C=C\[Si](C)(C)C. The van der Waals surface area contributed by atoms with Gasteiger partial charge in [0.15, 0.2) is 0 Å². The predicted octanol–water partition coefficient (Wildman–Crippen LogP) is 4.49. The fourth-order valence-electron chi connectivity index (χ4n) is 0.945. The van der Waals surface area contributed by atoms with E-state index >= 15 is 0 Å². The summed E-state index contributed by atoms with van der Waals surface area (Å²) in [5, 5.41) is 0. The van der Waals surface area contributed by atoms with Crippen LogP contribution in [0.5, 0.6) is 0 Å². The molecule has 0 aromatic heterocycles. The highest BCUT2D eigenvalue weighted by molar-refractivity contribution is 6.81. The minimum Gasteiger partial charge on any atom is -0.0983 e. The Kier molecular flexibility index (Phi) is 5.09. The first-order valence-electron chi connectivity index (χ1n) is 5.49. The molecule has 2 heteroatoms. The first-order valence-corrected chi connectivity index (χ1v) is 12.6. The van der Waals surface area contributed by atoms with Crippen LogP contribution in [0.25, 0.3) is 0 Å². The van der Waals surface area contributed by atoms with Crippen molar-refractivity contribution < 1.29 is 0 Å². The van der Waals surface area contributed by atoms with Crippen LogP contribution < -0.4 is 0 Å². The molecule has 1 unspecified atom stereocenters. The fourth-order valence-corrected chi connectivity index (χ4v) is 2.71. The van der Waals surface area contributed by atoms with Crippen LogP contribution in [0.2, 0.25) is 39.3 Å². The first kappa shape index (κ1) is 13.9. The van der Waals surface area contributed by atoms with Crippen LogP contribution in [0.4, 0.5) is 0 Å². The summed E-state index contributed by atoms with van der Waals surface area (Å²) in [5.74, 6) is 0.605. The third-order valence-electron chi connectivity index (χ3n) is 1.80. The lowest BCUT2D eigenvalue weighted by atomic mass is 10.2. The van der Waals surface area contributed by atoms with E-state index in [9.17, 15) is 0 Å². The second-order valence-electron chi connectivity index (χ2n) is 6.31. The quantitative estimate of drug-likeness (QED) is 0.620. The second kappa shape index (κ2) is 5.12. The van der Waals surface area contributed by atoms with Gasteiger partial charge in [0.05, 0.1) is 16.1 Å². The first-order chi connectivity index (χ1) is 6.10. The van der Waals surface area contributed by atoms with Crippen LogP contribution in [0.15, 0.2) is 23.6 Å². The van der Waals surface area contributed by atoms with Gasteiger partial charge < -0.3 is 0 Å². The van der Waals surface area contributed by atoms with Crippen molar-refractivity contribution in [2.24, 2.45) is 5.92 Å². The van der Waals surface area contributed by atoms with E-state index in [1.165, 1.54) is 0 Å². The molecule has 0 aliphatic carbocycles. The van der Waals surface area contributed by atoms with Gasteiger partial charge in [0, 0.05) is 0 Å². The zero-order valence-corrected chi connectivity index (χ0v) is 12.9. The number of rotatable bonds is 4. The Morgan fingerprint density at radius 2 is 1.00 bits per heavy atom. The second-order valence-corrected chi connectivity index (χ2v) is 16.4. The topological polar surface area (TPSA) is 0 Å². The maximum Gasteiger partial charge on any atom is 0.0683 e. The van der Waals surface area contributed by atoms with Crippen LogP contribution in [-0.4, -0.2) is 16.1 Å². The Labute approximate surface area is 92.1 Å². The molecule has 1 atom stereocenters. The summed E-state index contributed by atoms with van der Waals surface area (Å²) in [4.78, 5) is 0. The molecule has 0 saturated carbocycles. The summed E-state index contributed by atoms with van der Waals surface area (Å²) in [5.41, 5.74) is 4.87. The van der Waals surface area contributed by atoms with Crippen LogP contribution >= 0.6 is 0 Å². The molecule has 0 heterocycles. The van der Waals surface area contributed by atoms with Crippen molar-refractivity contribution in [1.82, 2.24) is 0 Å². The van der Waals surface area contributed by atoms with Crippen molar-refractivity contribution in [3.8, 4) is 0 Å². The minimum absolute atomic E-state index is 0.605. The maximum absolute atomic E-state index is 2.44. The monoisotopic (exact) mass is 226 g/mol. The molecule has 0 saturated heterocycles. The van der Waals surface area contributed by atoms with Gasteiger partial charge in [0.25, 0.3) is 0 Å². The molecule has 0 rings (SSSR count). The average Bonchev–Trinajstić information content (AvgIpc) is 1.94. The number of hydrogen-bond donors (Lipinski definition) is 0. The molecule has 0 aliphatic heterocycles. The highest BCUT2D eigenvalue weighted by Gasteiger charge is 2.09. The Hall–Kier alpha value is -0.0862. The van der Waals surface area contributed by atoms with Crippen molar-refractivity contribution >= 4 is 16.1 Å². The van der Waals surface area contributed by atoms with E-state index in [1.807, 2.05) is 0 Å². The minimum atomic E-state index is -0.998. The van der Waals surface area contributed by atoms with Crippen molar-refractivity contribution in [2.75, 3.05) is 0 Å². The van der Waals surface area contributed by atoms with E-state index < -0.39 is 16.1 Å². The largest absolute Gasteiger partial charge is 0.0983 e. The smallest absolute Gasteiger partial charge is 0.0683 e. The van der Waals surface area contributed by atoms with E-state index in [0.717, 1.165) is 0 Å². The molecule has 0 bridgehead atoms. The highest BCUT2D eigenvalue weighted by atomic mass is 28.3. The molecule has 0 aromatic rings. The summed E-state index contributed by atoms with van der Waals surface area (Å²) < 4.78 is 0. The molecular formula is C12H26Si2. The van der Waals surface area contributed by atoms with Gasteiger partial charge in [-0.3, -0.25) is 0 Å². The summed E-state index contributed by atoms with van der Waals surface area (Å²) >= 11 is 0. The van der Waals surface area contributed by atoms with Gasteiger partial charge in [-0.2, -0.15) is 0 Å². The third kappa shape index (κ3) is 10.00. The predicted molar refractivity (Wildman–Crippen MR) is 74.1 cm³/mol. The number of hydrogen-bond acceptors (Lipinski definition) is 0. The van der Waals surface area contributed by atoms with E-state index in [-0.39, 0.29) is 0 Å². The van der Waals surface area contributed by atoms with Gasteiger partial charge in [-0.05, 0) is 5.92 Å². The van der Waals surface area contributed by atoms with Crippen LogP contribution in [-0.2, 0) is 0 Å². The lowest BCUT2D eigenvalue weighted by molar-refractivity contribution is 0.942. The molecule has 0 aliphatic rings. The lowest BCUT2D eigenvalue weighted by Gasteiger charge is -2.11. The van der Waals surface area contributed by atoms with E-state index in [2.05, 4.69) is 69.8 Å². The normalized spacial score (nSPS) is 16.8. The van der Waals surface area contributed by atoms with Gasteiger partial charge in [-0.15, -0.1) is 0 Å². The lowest BCUT2D eigenvalue weighted by Crippen LogP contribution is -2.17. The molecule has 0 fully saturated rings. The van der Waals surface area contributed by atoms with Crippen LogP contribution in [0.1, 0.15) is 6.92 Å². The van der Waals surface area contributed by atoms with Gasteiger partial charge in [-0.25, -0.2) is 0 Å². The molecule has 0 radical (unpaired) electrons. The Morgan fingerprint density at radius 3 is 1.21 bits per heavy atom.